The van der Waals surface area contributed by atoms with Crippen molar-refractivity contribution in [2.45, 2.75) is 40.0 Å². The molecule has 2 saturated heterocycles. The number of hydrogen-bond acceptors (Lipinski definition) is 5. The van der Waals surface area contributed by atoms with Gasteiger partial charge in [0.2, 0.25) is 5.91 Å². The normalized spacial score (nSPS) is 18.0. The molecule has 160 valence electrons. The van der Waals surface area contributed by atoms with Crippen molar-refractivity contribution in [2.75, 3.05) is 46.0 Å². The van der Waals surface area contributed by atoms with Crippen LogP contribution < -0.4 is 0 Å². The topological polar surface area (TPSA) is 91.9 Å². The van der Waals surface area contributed by atoms with Crippen molar-refractivity contribution >= 4 is 17.8 Å². The lowest BCUT2D eigenvalue weighted by Gasteiger charge is -2.34. The summed E-state index contributed by atoms with van der Waals surface area (Å²) in [7, 11) is 0. The lowest BCUT2D eigenvalue weighted by Crippen LogP contribution is -2.43. The highest BCUT2D eigenvalue weighted by molar-refractivity contribution is 6.01. The molecule has 0 atom stereocenters. The Labute approximate surface area is 171 Å². The molecule has 0 bridgehead atoms. The van der Waals surface area contributed by atoms with Crippen molar-refractivity contribution in [1.82, 2.24) is 14.8 Å². The number of aromatic nitrogens is 1. The van der Waals surface area contributed by atoms with Crippen LogP contribution in [0.25, 0.3) is 0 Å². The molecule has 2 amide bonds. The van der Waals surface area contributed by atoms with E-state index in [9.17, 15) is 14.4 Å². The van der Waals surface area contributed by atoms with Crippen molar-refractivity contribution in [3.05, 3.63) is 22.5 Å². The molecule has 2 fully saturated rings. The molecule has 8 heteroatoms. The van der Waals surface area contributed by atoms with Crippen molar-refractivity contribution < 1.29 is 23.9 Å². The number of ether oxygens (including phenoxy) is 2. The molecule has 29 heavy (non-hydrogen) atoms. The molecule has 0 spiro atoms. The Morgan fingerprint density at radius 1 is 1.07 bits per heavy atom. The van der Waals surface area contributed by atoms with E-state index in [2.05, 4.69) is 4.98 Å². The summed E-state index contributed by atoms with van der Waals surface area (Å²) in [5.41, 5.74) is 2.21. The summed E-state index contributed by atoms with van der Waals surface area (Å²) < 4.78 is 10.4. The maximum absolute atomic E-state index is 13.1. The van der Waals surface area contributed by atoms with Gasteiger partial charge >= 0.3 is 5.97 Å². The number of hydrogen-bond donors (Lipinski definition) is 1. The summed E-state index contributed by atoms with van der Waals surface area (Å²) in [6, 6.07) is 0. The van der Waals surface area contributed by atoms with Crippen LogP contribution in [0.1, 0.15) is 58.3 Å². The fraction of sp³-hybridized carbons (Fsp3) is 0.667. The fourth-order valence-corrected chi connectivity index (χ4v) is 4.17. The average molecular weight is 405 g/mol. The number of morpholine rings is 1. The highest BCUT2D eigenvalue weighted by atomic mass is 16.5. The van der Waals surface area contributed by atoms with Gasteiger partial charge in [0, 0.05) is 38.3 Å². The molecule has 0 unspecified atom stereocenters. The number of amides is 2. The minimum Gasteiger partial charge on any atom is -0.461 e. The molecule has 0 radical (unpaired) electrons. The maximum atomic E-state index is 13.1. The first-order valence-corrected chi connectivity index (χ1v) is 10.4. The number of esters is 1. The van der Waals surface area contributed by atoms with Crippen LogP contribution >= 0.6 is 0 Å². The number of carbonyl (C=O) groups excluding carboxylic acids is 3. The molecule has 1 N–H and O–H groups in total. The van der Waals surface area contributed by atoms with Crippen LogP contribution in [0, 0.1) is 19.8 Å². The monoisotopic (exact) mass is 405 g/mol. The van der Waals surface area contributed by atoms with Crippen LogP contribution in [0.4, 0.5) is 0 Å². The second-order valence-electron chi connectivity index (χ2n) is 7.78. The van der Waals surface area contributed by atoms with E-state index in [1.54, 1.807) is 20.8 Å². The molecular formula is C21H31N3O5. The molecule has 2 aliphatic rings. The highest BCUT2D eigenvalue weighted by Gasteiger charge is 2.30. The first kappa shape index (κ1) is 21.4. The number of nitrogens with one attached hydrogen (secondary N) is 1. The molecule has 3 rings (SSSR count). The van der Waals surface area contributed by atoms with E-state index in [0.717, 1.165) is 12.8 Å². The smallest absolute Gasteiger partial charge is 0.355 e. The third-order valence-electron chi connectivity index (χ3n) is 5.86. The Kier molecular flexibility index (Phi) is 6.95. The van der Waals surface area contributed by atoms with Crippen LogP contribution in [0.2, 0.25) is 0 Å². The van der Waals surface area contributed by atoms with Gasteiger partial charge in [-0.3, -0.25) is 9.59 Å². The average Bonchev–Trinajstić information content (AvgIpc) is 3.03. The Balaban J connectivity index is 1.57. The second kappa shape index (κ2) is 9.43. The molecule has 0 aliphatic carbocycles. The minimum absolute atomic E-state index is 0.0650. The van der Waals surface area contributed by atoms with Gasteiger partial charge in [-0.25, -0.2) is 4.79 Å². The van der Waals surface area contributed by atoms with Gasteiger partial charge in [-0.1, -0.05) is 0 Å². The van der Waals surface area contributed by atoms with Gasteiger partial charge in [0.15, 0.2) is 0 Å². The summed E-state index contributed by atoms with van der Waals surface area (Å²) in [5.74, 6) is -0.00961. The van der Waals surface area contributed by atoms with Gasteiger partial charge in [-0.05, 0) is 45.1 Å². The second-order valence-corrected chi connectivity index (χ2v) is 7.78. The van der Waals surface area contributed by atoms with E-state index >= 15 is 0 Å². The van der Waals surface area contributed by atoms with Gasteiger partial charge in [0.05, 0.1) is 25.4 Å². The van der Waals surface area contributed by atoms with Crippen LogP contribution in [0.5, 0.6) is 0 Å². The summed E-state index contributed by atoms with van der Waals surface area (Å²) in [6.07, 6.45) is 2.17. The first-order chi connectivity index (χ1) is 13.9. The predicted molar refractivity (Wildman–Crippen MR) is 107 cm³/mol. The zero-order valence-electron chi connectivity index (χ0n) is 17.6. The molecule has 8 nitrogen and oxygen atoms in total. The quantitative estimate of drug-likeness (QED) is 0.756. The van der Waals surface area contributed by atoms with Gasteiger partial charge in [-0.2, -0.15) is 0 Å². The zero-order chi connectivity index (χ0) is 21.0. The molecule has 2 aliphatic heterocycles. The highest BCUT2D eigenvalue weighted by Crippen LogP contribution is 2.26. The van der Waals surface area contributed by atoms with E-state index in [4.69, 9.17) is 9.47 Å². The Morgan fingerprint density at radius 3 is 2.34 bits per heavy atom. The first-order valence-electron chi connectivity index (χ1n) is 10.4. The Hall–Kier alpha value is -2.35. The van der Waals surface area contributed by atoms with Crippen molar-refractivity contribution in [3.63, 3.8) is 0 Å². The van der Waals surface area contributed by atoms with Gasteiger partial charge in [0.25, 0.3) is 5.91 Å². The zero-order valence-corrected chi connectivity index (χ0v) is 17.6. The number of carbonyl (C=O) groups is 3. The number of likely N-dealkylation sites (tertiary alicyclic amines) is 1. The van der Waals surface area contributed by atoms with Gasteiger partial charge < -0.3 is 24.3 Å². The third kappa shape index (κ3) is 4.80. The SMILES string of the molecule is CCOC(=O)c1[nH]c(C)c(C(=O)N2CCC(CC(=O)N3CCOCC3)CC2)c1C. The van der Waals surface area contributed by atoms with Crippen molar-refractivity contribution in [3.8, 4) is 0 Å². The van der Waals surface area contributed by atoms with E-state index in [-0.39, 0.29) is 18.4 Å². The summed E-state index contributed by atoms with van der Waals surface area (Å²) in [5, 5.41) is 0. The van der Waals surface area contributed by atoms with Crippen LogP contribution in [-0.4, -0.2) is 78.6 Å². The number of nitrogens with zero attached hydrogens (tertiary/aromatic N) is 2. The molecular weight excluding hydrogens is 374 g/mol. The van der Waals surface area contributed by atoms with Crippen molar-refractivity contribution in [2.24, 2.45) is 5.92 Å². The largest absolute Gasteiger partial charge is 0.461 e. The number of aromatic amines is 1. The summed E-state index contributed by atoms with van der Waals surface area (Å²) in [4.78, 5) is 44.3. The molecule has 1 aromatic heterocycles. The third-order valence-corrected chi connectivity index (χ3v) is 5.86. The Bertz CT molecular complexity index is 759. The lowest BCUT2D eigenvalue weighted by atomic mass is 9.92. The van der Waals surface area contributed by atoms with E-state index in [0.29, 0.717) is 74.2 Å². The lowest BCUT2D eigenvalue weighted by molar-refractivity contribution is -0.136. The van der Waals surface area contributed by atoms with Crippen LogP contribution in [0.3, 0.4) is 0 Å². The Morgan fingerprint density at radius 2 is 1.72 bits per heavy atom. The van der Waals surface area contributed by atoms with Crippen LogP contribution in [0.15, 0.2) is 0 Å². The molecule has 1 aromatic rings. The predicted octanol–water partition coefficient (Wildman–Crippen LogP) is 1.91. The number of H-pyrrole nitrogens is 1. The summed E-state index contributed by atoms with van der Waals surface area (Å²) >= 11 is 0. The molecule has 0 saturated carbocycles. The fourth-order valence-electron chi connectivity index (χ4n) is 4.17. The van der Waals surface area contributed by atoms with Crippen molar-refractivity contribution in [1.29, 1.82) is 0 Å². The van der Waals surface area contributed by atoms with E-state index in [1.807, 2.05) is 9.80 Å². The number of aryl methyl sites for hydroxylation is 1. The maximum Gasteiger partial charge on any atom is 0.355 e. The number of piperidine rings is 1. The molecule has 3 heterocycles. The molecule has 0 aromatic carbocycles. The van der Waals surface area contributed by atoms with E-state index in [1.165, 1.54) is 0 Å². The van der Waals surface area contributed by atoms with Crippen LogP contribution in [-0.2, 0) is 14.3 Å². The summed E-state index contributed by atoms with van der Waals surface area (Å²) in [6.45, 7) is 9.43. The standard InChI is InChI=1S/C21H31N3O5/c1-4-29-21(27)19-14(2)18(15(3)22-19)20(26)24-7-5-16(6-8-24)13-17(25)23-9-11-28-12-10-23/h16,22H,4-13H2,1-3H3. The minimum atomic E-state index is -0.438. The van der Waals surface area contributed by atoms with E-state index < -0.39 is 5.97 Å². The van der Waals surface area contributed by atoms with Gasteiger partial charge in [-0.15, -0.1) is 0 Å². The number of rotatable bonds is 5. The van der Waals surface area contributed by atoms with Gasteiger partial charge in [0.1, 0.15) is 5.69 Å².